The molecule has 1 rings (SSSR count). The lowest BCUT2D eigenvalue weighted by atomic mass is 10.1. The average Bonchev–Trinajstić information content (AvgIpc) is 2.55. The molecule has 0 aromatic carbocycles. The van der Waals surface area contributed by atoms with Crippen molar-refractivity contribution in [3.05, 3.63) is 0 Å². The Balaban J connectivity index is 2.45. The Morgan fingerprint density at radius 1 is 1.53 bits per heavy atom. The maximum atomic E-state index is 11.2. The molecule has 0 aromatic rings. The Kier molecular flexibility index (Phi) is 3.65. The Hall–Kier alpha value is -1.59. The lowest BCUT2D eigenvalue weighted by Crippen LogP contribution is -2.20. The molecular weight excluding hydrogens is 204 g/mol. The van der Waals surface area contributed by atoms with E-state index < -0.39 is 29.9 Å². The van der Waals surface area contributed by atoms with Gasteiger partial charge in [-0.15, -0.1) is 0 Å². The van der Waals surface area contributed by atoms with Gasteiger partial charge >= 0.3 is 17.9 Å². The van der Waals surface area contributed by atoms with Gasteiger partial charge in [0.25, 0.3) is 0 Å². The SMILES string of the molecule is COC(=O)C1CC(COC(C)=O)OC1=O. The molecule has 1 saturated heterocycles. The predicted octanol–water partition coefficient (Wildman–Crippen LogP) is -0.346. The van der Waals surface area contributed by atoms with Crippen LogP contribution in [0, 0.1) is 5.92 Å². The number of esters is 3. The molecule has 1 heterocycles. The number of carbonyl (C=O) groups is 3. The minimum Gasteiger partial charge on any atom is -0.468 e. The fraction of sp³-hybridized carbons (Fsp3) is 0.667. The Morgan fingerprint density at radius 3 is 2.73 bits per heavy atom. The van der Waals surface area contributed by atoms with Crippen molar-refractivity contribution in [2.75, 3.05) is 13.7 Å². The van der Waals surface area contributed by atoms with Crippen molar-refractivity contribution < 1.29 is 28.6 Å². The fourth-order valence-electron chi connectivity index (χ4n) is 1.30. The summed E-state index contributed by atoms with van der Waals surface area (Å²) in [5.41, 5.74) is 0. The summed E-state index contributed by atoms with van der Waals surface area (Å²) in [6, 6.07) is 0. The van der Waals surface area contributed by atoms with E-state index in [4.69, 9.17) is 4.74 Å². The van der Waals surface area contributed by atoms with Gasteiger partial charge in [0, 0.05) is 13.3 Å². The van der Waals surface area contributed by atoms with Crippen LogP contribution in [0.4, 0.5) is 0 Å². The number of rotatable bonds is 3. The summed E-state index contributed by atoms with van der Waals surface area (Å²) < 4.78 is 13.9. The summed E-state index contributed by atoms with van der Waals surface area (Å²) in [6.45, 7) is 1.24. The van der Waals surface area contributed by atoms with Gasteiger partial charge in [-0.2, -0.15) is 0 Å². The second-order valence-corrected chi connectivity index (χ2v) is 3.17. The molecule has 15 heavy (non-hydrogen) atoms. The van der Waals surface area contributed by atoms with Crippen LogP contribution in [-0.2, 0) is 28.6 Å². The molecule has 0 N–H and O–H groups in total. The zero-order valence-electron chi connectivity index (χ0n) is 8.52. The van der Waals surface area contributed by atoms with Gasteiger partial charge in [-0.05, 0) is 0 Å². The van der Waals surface area contributed by atoms with Crippen molar-refractivity contribution in [2.24, 2.45) is 5.92 Å². The molecule has 0 saturated carbocycles. The van der Waals surface area contributed by atoms with Gasteiger partial charge in [-0.3, -0.25) is 14.4 Å². The monoisotopic (exact) mass is 216 g/mol. The molecule has 0 aliphatic carbocycles. The van der Waals surface area contributed by atoms with Gasteiger partial charge in [0.2, 0.25) is 0 Å². The third-order valence-electron chi connectivity index (χ3n) is 2.02. The zero-order chi connectivity index (χ0) is 11.4. The molecule has 1 fully saturated rings. The number of methoxy groups -OCH3 is 1. The van der Waals surface area contributed by atoms with Gasteiger partial charge in [-0.25, -0.2) is 0 Å². The lowest BCUT2D eigenvalue weighted by molar-refractivity contribution is -0.157. The lowest BCUT2D eigenvalue weighted by Gasteiger charge is -2.07. The summed E-state index contributed by atoms with van der Waals surface area (Å²) in [4.78, 5) is 32.7. The number of cyclic esters (lactones) is 1. The van der Waals surface area contributed by atoms with E-state index in [9.17, 15) is 14.4 Å². The highest BCUT2D eigenvalue weighted by Gasteiger charge is 2.40. The first kappa shape index (κ1) is 11.5. The Morgan fingerprint density at radius 2 is 2.20 bits per heavy atom. The van der Waals surface area contributed by atoms with Crippen molar-refractivity contribution in [2.45, 2.75) is 19.4 Å². The van der Waals surface area contributed by atoms with Gasteiger partial charge in [0.15, 0.2) is 5.92 Å². The molecule has 1 aliphatic heterocycles. The van der Waals surface area contributed by atoms with Crippen LogP contribution in [0.25, 0.3) is 0 Å². The largest absolute Gasteiger partial charge is 0.468 e. The van der Waals surface area contributed by atoms with Gasteiger partial charge in [0.1, 0.15) is 12.7 Å². The summed E-state index contributed by atoms with van der Waals surface area (Å²) in [5.74, 6) is -2.59. The predicted molar refractivity (Wildman–Crippen MR) is 46.6 cm³/mol. The molecule has 2 atom stereocenters. The molecule has 6 heteroatoms. The second-order valence-electron chi connectivity index (χ2n) is 3.17. The third kappa shape index (κ3) is 2.93. The second kappa shape index (κ2) is 4.77. The van der Waals surface area contributed by atoms with E-state index in [0.717, 1.165) is 0 Å². The van der Waals surface area contributed by atoms with Crippen LogP contribution in [0.2, 0.25) is 0 Å². The van der Waals surface area contributed by atoms with Gasteiger partial charge < -0.3 is 14.2 Å². The highest BCUT2D eigenvalue weighted by molar-refractivity contribution is 5.96. The summed E-state index contributed by atoms with van der Waals surface area (Å²) in [6.07, 6.45) is -0.357. The van der Waals surface area contributed by atoms with Crippen molar-refractivity contribution in [1.82, 2.24) is 0 Å². The first-order valence-electron chi connectivity index (χ1n) is 4.46. The van der Waals surface area contributed by atoms with Crippen LogP contribution in [0.3, 0.4) is 0 Å². The Labute approximate surface area is 86.5 Å². The van der Waals surface area contributed by atoms with E-state index in [0.29, 0.717) is 0 Å². The first-order valence-corrected chi connectivity index (χ1v) is 4.46. The first-order chi connectivity index (χ1) is 7.04. The zero-order valence-corrected chi connectivity index (χ0v) is 8.52. The molecule has 2 unspecified atom stereocenters. The molecular formula is C9H12O6. The summed E-state index contributed by atoms with van der Waals surface area (Å²) in [7, 11) is 1.20. The third-order valence-corrected chi connectivity index (χ3v) is 2.02. The van der Waals surface area contributed by atoms with E-state index in [1.165, 1.54) is 14.0 Å². The number of carbonyl (C=O) groups excluding carboxylic acids is 3. The van der Waals surface area contributed by atoms with Crippen LogP contribution in [0.5, 0.6) is 0 Å². The smallest absolute Gasteiger partial charge is 0.320 e. The van der Waals surface area contributed by atoms with Crippen molar-refractivity contribution in [1.29, 1.82) is 0 Å². The van der Waals surface area contributed by atoms with Gasteiger partial charge in [-0.1, -0.05) is 0 Å². The highest BCUT2D eigenvalue weighted by atomic mass is 16.6. The Bertz CT molecular complexity index is 284. The molecule has 0 spiro atoms. The maximum Gasteiger partial charge on any atom is 0.320 e. The van der Waals surface area contributed by atoms with E-state index in [2.05, 4.69) is 9.47 Å². The van der Waals surface area contributed by atoms with E-state index in [1.54, 1.807) is 0 Å². The molecule has 0 bridgehead atoms. The normalized spacial score (nSPS) is 24.5. The van der Waals surface area contributed by atoms with Crippen molar-refractivity contribution >= 4 is 17.9 Å². The minimum atomic E-state index is -0.893. The van der Waals surface area contributed by atoms with Gasteiger partial charge in [0.05, 0.1) is 7.11 Å². The molecule has 6 nitrogen and oxygen atoms in total. The topological polar surface area (TPSA) is 78.9 Å². The molecule has 0 radical (unpaired) electrons. The van der Waals surface area contributed by atoms with Crippen LogP contribution in [-0.4, -0.2) is 37.7 Å². The van der Waals surface area contributed by atoms with Crippen molar-refractivity contribution in [3.8, 4) is 0 Å². The number of ether oxygens (including phenoxy) is 3. The summed E-state index contributed by atoms with van der Waals surface area (Å²) in [5, 5.41) is 0. The van der Waals surface area contributed by atoms with E-state index >= 15 is 0 Å². The highest BCUT2D eigenvalue weighted by Crippen LogP contribution is 2.22. The fourth-order valence-corrected chi connectivity index (χ4v) is 1.30. The van der Waals surface area contributed by atoms with E-state index in [1.807, 2.05) is 0 Å². The van der Waals surface area contributed by atoms with Crippen LogP contribution in [0.1, 0.15) is 13.3 Å². The number of hydrogen-bond acceptors (Lipinski definition) is 6. The molecule has 1 aliphatic rings. The van der Waals surface area contributed by atoms with E-state index in [-0.39, 0.29) is 13.0 Å². The van der Waals surface area contributed by atoms with Crippen LogP contribution < -0.4 is 0 Å². The minimum absolute atomic E-state index is 0.0193. The molecule has 0 aromatic heterocycles. The average molecular weight is 216 g/mol. The maximum absolute atomic E-state index is 11.2. The standard InChI is InChI=1S/C9H12O6/c1-5(10)14-4-6-3-7(8(11)13-2)9(12)15-6/h6-7H,3-4H2,1-2H3. The quantitative estimate of drug-likeness (QED) is 0.364. The van der Waals surface area contributed by atoms with Crippen LogP contribution in [0.15, 0.2) is 0 Å². The van der Waals surface area contributed by atoms with Crippen LogP contribution >= 0.6 is 0 Å². The molecule has 84 valence electrons. The molecule has 0 amide bonds. The van der Waals surface area contributed by atoms with Crippen molar-refractivity contribution in [3.63, 3.8) is 0 Å². The number of hydrogen-bond donors (Lipinski definition) is 0. The summed E-state index contributed by atoms with van der Waals surface area (Å²) >= 11 is 0.